The zero-order valence-electron chi connectivity index (χ0n) is 10.3. The van der Waals surface area contributed by atoms with Gasteiger partial charge in [0.05, 0.1) is 0 Å². The van der Waals surface area contributed by atoms with Gasteiger partial charge < -0.3 is 10.4 Å². The van der Waals surface area contributed by atoms with Gasteiger partial charge in [0.1, 0.15) is 0 Å². The lowest BCUT2D eigenvalue weighted by Gasteiger charge is -2.21. The summed E-state index contributed by atoms with van der Waals surface area (Å²) in [6.07, 6.45) is 4.77. The third-order valence-electron chi connectivity index (χ3n) is 2.90. The molecule has 90 valence electrons. The van der Waals surface area contributed by atoms with Crippen LogP contribution < -0.4 is 5.32 Å². The van der Waals surface area contributed by atoms with Gasteiger partial charge in [-0.25, -0.2) is 0 Å². The van der Waals surface area contributed by atoms with Crippen molar-refractivity contribution >= 4 is 5.97 Å². The van der Waals surface area contributed by atoms with Gasteiger partial charge in [-0.05, 0) is 32.2 Å². The average Bonchev–Trinajstić information content (AvgIpc) is 2.20. The van der Waals surface area contributed by atoms with Crippen molar-refractivity contribution in [3.8, 4) is 0 Å². The maximum absolute atomic E-state index is 10.3. The van der Waals surface area contributed by atoms with E-state index in [0.29, 0.717) is 12.0 Å². The topological polar surface area (TPSA) is 49.3 Å². The second-order valence-corrected chi connectivity index (χ2v) is 4.36. The van der Waals surface area contributed by atoms with E-state index in [1.54, 1.807) is 0 Å². The third kappa shape index (κ3) is 8.43. The highest BCUT2D eigenvalue weighted by Crippen LogP contribution is 2.11. The molecule has 0 amide bonds. The first-order valence-corrected chi connectivity index (χ1v) is 6.03. The van der Waals surface area contributed by atoms with Crippen LogP contribution in [0.2, 0.25) is 0 Å². The van der Waals surface area contributed by atoms with E-state index in [1.165, 1.54) is 19.3 Å². The van der Waals surface area contributed by atoms with Crippen molar-refractivity contribution in [1.29, 1.82) is 0 Å². The van der Waals surface area contributed by atoms with Crippen LogP contribution in [0.15, 0.2) is 0 Å². The molecule has 0 saturated heterocycles. The Balaban J connectivity index is 3.46. The summed E-state index contributed by atoms with van der Waals surface area (Å²) < 4.78 is 0. The first-order valence-electron chi connectivity index (χ1n) is 6.03. The van der Waals surface area contributed by atoms with Gasteiger partial charge in [-0.15, -0.1) is 0 Å². The van der Waals surface area contributed by atoms with Crippen LogP contribution in [-0.4, -0.2) is 23.7 Å². The molecule has 0 spiro atoms. The smallest absolute Gasteiger partial charge is 0.303 e. The van der Waals surface area contributed by atoms with Crippen molar-refractivity contribution in [1.82, 2.24) is 5.32 Å². The zero-order chi connectivity index (χ0) is 11.7. The first kappa shape index (κ1) is 14.4. The summed E-state index contributed by atoms with van der Waals surface area (Å²) in [6.45, 7) is 7.45. The lowest BCUT2D eigenvalue weighted by atomic mass is 9.97. The summed E-state index contributed by atoms with van der Waals surface area (Å²) in [5.41, 5.74) is 0. The molecule has 0 aliphatic carbocycles. The number of hydrogen-bond donors (Lipinski definition) is 2. The molecule has 0 radical (unpaired) electrons. The van der Waals surface area contributed by atoms with Gasteiger partial charge in [0.25, 0.3) is 0 Å². The molecule has 0 aliphatic rings. The van der Waals surface area contributed by atoms with E-state index in [1.807, 2.05) is 0 Å². The molecule has 0 fully saturated rings. The summed E-state index contributed by atoms with van der Waals surface area (Å²) in [5.74, 6) is -0.0294. The monoisotopic (exact) mass is 215 g/mol. The average molecular weight is 215 g/mol. The highest BCUT2D eigenvalue weighted by Gasteiger charge is 2.10. The van der Waals surface area contributed by atoms with Crippen LogP contribution in [0.1, 0.15) is 52.9 Å². The molecule has 3 heteroatoms. The van der Waals surface area contributed by atoms with Crippen LogP contribution in [0.4, 0.5) is 0 Å². The number of rotatable bonds is 9. The highest BCUT2D eigenvalue weighted by atomic mass is 16.4. The van der Waals surface area contributed by atoms with Gasteiger partial charge >= 0.3 is 5.97 Å². The van der Waals surface area contributed by atoms with Crippen LogP contribution in [0.3, 0.4) is 0 Å². The second kappa shape index (κ2) is 8.72. The third-order valence-corrected chi connectivity index (χ3v) is 2.90. The molecule has 2 atom stereocenters. The molecule has 0 bridgehead atoms. The summed E-state index contributed by atoms with van der Waals surface area (Å²) in [5, 5.41) is 11.9. The van der Waals surface area contributed by atoms with Gasteiger partial charge in [0.15, 0.2) is 0 Å². The molecule has 0 rings (SSSR count). The predicted molar refractivity (Wildman–Crippen MR) is 63.0 cm³/mol. The van der Waals surface area contributed by atoms with Crippen molar-refractivity contribution in [2.75, 3.05) is 6.54 Å². The quantitative estimate of drug-likeness (QED) is 0.581. The summed E-state index contributed by atoms with van der Waals surface area (Å²) in [6, 6.07) is 0.491. The minimum absolute atomic E-state index is 0.267. The Morgan fingerprint density at radius 3 is 2.53 bits per heavy atom. The lowest BCUT2D eigenvalue weighted by molar-refractivity contribution is -0.137. The van der Waals surface area contributed by atoms with Crippen molar-refractivity contribution in [3.63, 3.8) is 0 Å². The van der Waals surface area contributed by atoms with Crippen molar-refractivity contribution in [2.24, 2.45) is 5.92 Å². The normalized spacial score (nSPS) is 14.9. The van der Waals surface area contributed by atoms with E-state index in [0.717, 1.165) is 13.0 Å². The Bertz CT molecular complexity index is 171. The Morgan fingerprint density at radius 2 is 2.00 bits per heavy atom. The Hall–Kier alpha value is -0.570. The van der Waals surface area contributed by atoms with Crippen LogP contribution in [0.25, 0.3) is 0 Å². The molecule has 2 N–H and O–H groups in total. The summed E-state index contributed by atoms with van der Waals surface area (Å²) >= 11 is 0. The number of hydrogen-bond acceptors (Lipinski definition) is 2. The molecule has 15 heavy (non-hydrogen) atoms. The van der Waals surface area contributed by atoms with Crippen LogP contribution in [0.5, 0.6) is 0 Å². The van der Waals surface area contributed by atoms with Crippen molar-refractivity contribution in [3.05, 3.63) is 0 Å². The Morgan fingerprint density at radius 1 is 1.33 bits per heavy atom. The molecule has 3 nitrogen and oxygen atoms in total. The van der Waals surface area contributed by atoms with E-state index >= 15 is 0 Å². The molecule has 0 saturated carbocycles. The Kier molecular flexibility index (Phi) is 8.38. The maximum Gasteiger partial charge on any atom is 0.303 e. The highest BCUT2D eigenvalue weighted by molar-refractivity contribution is 5.66. The zero-order valence-corrected chi connectivity index (χ0v) is 10.3. The lowest BCUT2D eigenvalue weighted by Crippen LogP contribution is -2.33. The fourth-order valence-corrected chi connectivity index (χ4v) is 1.55. The molecule has 0 aromatic rings. The molecule has 0 aliphatic heterocycles. The van der Waals surface area contributed by atoms with Gasteiger partial charge in [-0.1, -0.05) is 26.7 Å². The van der Waals surface area contributed by atoms with E-state index in [9.17, 15) is 4.79 Å². The molecule has 2 unspecified atom stereocenters. The van der Waals surface area contributed by atoms with E-state index in [4.69, 9.17) is 5.11 Å². The second-order valence-electron chi connectivity index (χ2n) is 4.36. The van der Waals surface area contributed by atoms with E-state index < -0.39 is 5.97 Å². The maximum atomic E-state index is 10.3. The summed E-state index contributed by atoms with van der Waals surface area (Å²) in [7, 11) is 0. The molecular weight excluding hydrogens is 190 g/mol. The number of aliphatic carboxylic acids is 1. The molecule has 0 aromatic carbocycles. The van der Waals surface area contributed by atoms with Crippen molar-refractivity contribution < 1.29 is 9.90 Å². The minimum Gasteiger partial charge on any atom is -0.481 e. The molecule has 0 aromatic heterocycles. The largest absolute Gasteiger partial charge is 0.481 e. The Labute approximate surface area is 93.3 Å². The number of carboxylic acids is 1. The number of carboxylic acid groups (broad SMARTS) is 1. The number of unbranched alkanes of at least 4 members (excludes halogenated alkanes) is 1. The fraction of sp³-hybridized carbons (Fsp3) is 0.917. The predicted octanol–water partition coefficient (Wildman–Crippen LogP) is 2.66. The summed E-state index contributed by atoms with van der Waals surface area (Å²) in [4.78, 5) is 10.3. The number of nitrogens with one attached hydrogen (secondary N) is 1. The van der Waals surface area contributed by atoms with Gasteiger partial charge in [0.2, 0.25) is 0 Å². The minimum atomic E-state index is -0.705. The van der Waals surface area contributed by atoms with Gasteiger partial charge in [0, 0.05) is 12.5 Å². The van der Waals surface area contributed by atoms with Crippen LogP contribution >= 0.6 is 0 Å². The SMILES string of the molecule is CCCCC(C)C(C)NCCCC(=O)O. The van der Waals surface area contributed by atoms with Crippen molar-refractivity contribution in [2.45, 2.75) is 58.9 Å². The van der Waals surface area contributed by atoms with Gasteiger partial charge in [-0.2, -0.15) is 0 Å². The van der Waals surface area contributed by atoms with E-state index in [-0.39, 0.29) is 6.42 Å². The van der Waals surface area contributed by atoms with E-state index in [2.05, 4.69) is 26.1 Å². The first-order chi connectivity index (χ1) is 7.07. The molecular formula is C12H25NO2. The van der Waals surface area contributed by atoms with Gasteiger partial charge in [-0.3, -0.25) is 4.79 Å². The fourth-order valence-electron chi connectivity index (χ4n) is 1.55. The van der Waals surface area contributed by atoms with Crippen LogP contribution in [0, 0.1) is 5.92 Å². The standard InChI is InChI=1S/C12H25NO2/c1-4-5-7-10(2)11(3)13-9-6-8-12(14)15/h10-11,13H,4-9H2,1-3H3,(H,14,15). The van der Waals surface area contributed by atoms with Crippen LogP contribution in [-0.2, 0) is 4.79 Å². The molecule has 0 heterocycles. The number of carbonyl (C=O) groups is 1.